The van der Waals surface area contributed by atoms with Crippen LogP contribution in [-0.4, -0.2) is 14.5 Å². The Hall–Kier alpha value is -1.36. The maximum Gasteiger partial charge on any atom is 0.202 e. The van der Waals surface area contributed by atoms with Crippen molar-refractivity contribution in [2.45, 2.75) is 19.9 Å². The van der Waals surface area contributed by atoms with Gasteiger partial charge in [0.05, 0.1) is 6.54 Å². The van der Waals surface area contributed by atoms with Gasteiger partial charge in [0.25, 0.3) is 0 Å². The second-order valence-electron chi connectivity index (χ2n) is 3.29. The van der Waals surface area contributed by atoms with Crippen LogP contribution in [-0.2, 0) is 20.0 Å². The summed E-state index contributed by atoms with van der Waals surface area (Å²) in [5, 5.41) is 4.35. The molecular formula is C10H14N4S. The summed E-state index contributed by atoms with van der Waals surface area (Å²) in [6, 6.07) is 0. The zero-order valence-electron chi connectivity index (χ0n) is 8.90. The van der Waals surface area contributed by atoms with Crippen molar-refractivity contribution in [3.63, 3.8) is 0 Å². The summed E-state index contributed by atoms with van der Waals surface area (Å²) in [4.78, 5) is 9.85. The predicted molar refractivity (Wildman–Crippen MR) is 62.0 cm³/mol. The van der Waals surface area contributed by atoms with Gasteiger partial charge in [-0.15, -0.1) is 11.3 Å². The van der Waals surface area contributed by atoms with E-state index in [0.717, 1.165) is 23.9 Å². The lowest BCUT2D eigenvalue weighted by Crippen LogP contribution is -2.04. The van der Waals surface area contributed by atoms with E-state index in [1.807, 2.05) is 24.0 Å². The lowest BCUT2D eigenvalue weighted by molar-refractivity contribution is 0.898. The molecule has 0 unspecified atom stereocenters. The van der Waals surface area contributed by atoms with E-state index in [-0.39, 0.29) is 0 Å². The summed E-state index contributed by atoms with van der Waals surface area (Å²) in [5.74, 6) is 0.878. The zero-order valence-corrected chi connectivity index (χ0v) is 9.71. The van der Waals surface area contributed by atoms with E-state index in [1.54, 1.807) is 17.5 Å². The predicted octanol–water partition coefficient (Wildman–Crippen LogP) is 2.05. The van der Waals surface area contributed by atoms with Gasteiger partial charge >= 0.3 is 0 Å². The van der Waals surface area contributed by atoms with Crippen LogP contribution in [0.5, 0.6) is 0 Å². The van der Waals surface area contributed by atoms with Gasteiger partial charge in [0.1, 0.15) is 5.01 Å². The molecule has 0 fully saturated rings. The Morgan fingerprint density at radius 1 is 1.47 bits per heavy atom. The minimum atomic E-state index is 0.746. The van der Waals surface area contributed by atoms with Crippen LogP contribution in [0.15, 0.2) is 18.6 Å². The van der Waals surface area contributed by atoms with E-state index >= 15 is 0 Å². The molecule has 1 N–H and O–H groups in total. The Balaban J connectivity index is 1.96. The number of nitrogens with zero attached hydrogens (tertiary/aromatic N) is 3. The monoisotopic (exact) mass is 222 g/mol. The molecule has 2 heterocycles. The molecule has 0 amide bonds. The number of hydrogen-bond donors (Lipinski definition) is 1. The Morgan fingerprint density at radius 3 is 2.93 bits per heavy atom. The standard InChI is InChI=1S/C10H14N4S/c1-3-8-6-12-9(15-8)7-13-10-11-4-5-14(10)2/h4-6H,3,7H2,1-2H3,(H,11,13). The van der Waals surface area contributed by atoms with Gasteiger partial charge in [0.2, 0.25) is 5.95 Å². The first kappa shape index (κ1) is 10.2. The summed E-state index contributed by atoms with van der Waals surface area (Å²) in [7, 11) is 1.97. The first-order valence-electron chi connectivity index (χ1n) is 4.94. The first-order chi connectivity index (χ1) is 7.29. The molecule has 0 atom stereocenters. The maximum atomic E-state index is 4.34. The van der Waals surface area contributed by atoms with Crippen LogP contribution in [0.4, 0.5) is 5.95 Å². The smallest absolute Gasteiger partial charge is 0.202 e. The molecule has 15 heavy (non-hydrogen) atoms. The lowest BCUT2D eigenvalue weighted by atomic mass is 10.4. The van der Waals surface area contributed by atoms with E-state index in [2.05, 4.69) is 22.2 Å². The van der Waals surface area contributed by atoms with Crippen molar-refractivity contribution in [2.24, 2.45) is 7.05 Å². The first-order valence-corrected chi connectivity index (χ1v) is 5.76. The molecule has 80 valence electrons. The van der Waals surface area contributed by atoms with Crippen LogP contribution in [0.3, 0.4) is 0 Å². The van der Waals surface area contributed by atoms with Crippen molar-refractivity contribution in [3.05, 3.63) is 28.5 Å². The second-order valence-corrected chi connectivity index (χ2v) is 4.49. The van der Waals surface area contributed by atoms with E-state index < -0.39 is 0 Å². The van der Waals surface area contributed by atoms with Crippen LogP contribution in [0.25, 0.3) is 0 Å². The summed E-state index contributed by atoms with van der Waals surface area (Å²) in [6.07, 6.45) is 6.70. The summed E-state index contributed by atoms with van der Waals surface area (Å²) < 4.78 is 1.95. The quantitative estimate of drug-likeness (QED) is 0.861. The number of nitrogens with one attached hydrogen (secondary N) is 1. The van der Waals surface area contributed by atoms with Crippen LogP contribution in [0, 0.1) is 0 Å². The molecule has 2 rings (SSSR count). The Kier molecular flexibility index (Phi) is 3.01. The van der Waals surface area contributed by atoms with Crippen molar-refractivity contribution in [3.8, 4) is 0 Å². The van der Waals surface area contributed by atoms with Crippen molar-refractivity contribution < 1.29 is 0 Å². The Morgan fingerprint density at radius 2 is 2.33 bits per heavy atom. The van der Waals surface area contributed by atoms with Crippen LogP contribution >= 0.6 is 11.3 Å². The van der Waals surface area contributed by atoms with Gasteiger partial charge < -0.3 is 9.88 Å². The fourth-order valence-electron chi connectivity index (χ4n) is 1.28. The highest BCUT2D eigenvalue weighted by Gasteiger charge is 2.02. The highest BCUT2D eigenvalue weighted by molar-refractivity contribution is 7.11. The molecule has 0 aliphatic heterocycles. The molecular weight excluding hydrogens is 208 g/mol. The molecule has 5 heteroatoms. The third-order valence-corrected chi connectivity index (χ3v) is 3.31. The number of rotatable bonds is 4. The van der Waals surface area contributed by atoms with E-state index in [0.29, 0.717) is 0 Å². The number of aromatic nitrogens is 3. The van der Waals surface area contributed by atoms with Gasteiger partial charge in [-0.1, -0.05) is 6.92 Å². The minimum Gasteiger partial charge on any atom is -0.349 e. The van der Waals surface area contributed by atoms with Crippen LogP contribution in [0.2, 0.25) is 0 Å². The number of hydrogen-bond acceptors (Lipinski definition) is 4. The van der Waals surface area contributed by atoms with Crippen molar-refractivity contribution in [1.29, 1.82) is 0 Å². The number of aryl methyl sites for hydroxylation is 2. The maximum absolute atomic E-state index is 4.34. The molecule has 0 radical (unpaired) electrons. The van der Waals surface area contributed by atoms with Gasteiger partial charge in [-0.25, -0.2) is 9.97 Å². The molecule has 0 aromatic carbocycles. The summed E-state index contributed by atoms with van der Waals surface area (Å²) in [6.45, 7) is 2.89. The van der Waals surface area contributed by atoms with Crippen molar-refractivity contribution >= 4 is 17.3 Å². The molecule has 0 bridgehead atoms. The highest BCUT2D eigenvalue weighted by Crippen LogP contribution is 2.14. The molecule has 0 saturated heterocycles. The topological polar surface area (TPSA) is 42.7 Å². The molecule has 2 aromatic rings. The largest absolute Gasteiger partial charge is 0.349 e. The summed E-state index contributed by atoms with van der Waals surface area (Å²) >= 11 is 1.75. The zero-order chi connectivity index (χ0) is 10.7. The van der Waals surface area contributed by atoms with Crippen molar-refractivity contribution in [1.82, 2.24) is 14.5 Å². The van der Waals surface area contributed by atoms with Crippen molar-refractivity contribution in [2.75, 3.05) is 5.32 Å². The fraction of sp³-hybridized carbons (Fsp3) is 0.400. The molecule has 0 aliphatic carbocycles. The van der Waals surface area contributed by atoms with E-state index in [9.17, 15) is 0 Å². The van der Waals surface area contributed by atoms with E-state index in [4.69, 9.17) is 0 Å². The molecule has 0 aliphatic rings. The normalized spacial score (nSPS) is 10.5. The Labute approximate surface area is 93.0 Å². The van der Waals surface area contributed by atoms with Gasteiger partial charge in [0, 0.05) is 30.5 Å². The van der Waals surface area contributed by atoms with E-state index in [1.165, 1.54) is 4.88 Å². The highest BCUT2D eigenvalue weighted by atomic mass is 32.1. The van der Waals surface area contributed by atoms with Gasteiger partial charge in [-0.3, -0.25) is 0 Å². The average Bonchev–Trinajstić information content (AvgIpc) is 2.84. The molecule has 0 saturated carbocycles. The second kappa shape index (κ2) is 4.44. The molecule has 4 nitrogen and oxygen atoms in total. The fourth-order valence-corrected chi connectivity index (χ4v) is 2.09. The van der Waals surface area contributed by atoms with Gasteiger partial charge in [0.15, 0.2) is 0 Å². The molecule has 0 spiro atoms. The molecule has 2 aromatic heterocycles. The minimum absolute atomic E-state index is 0.746. The lowest BCUT2D eigenvalue weighted by Gasteiger charge is -2.02. The number of anilines is 1. The third kappa shape index (κ3) is 2.36. The van der Waals surface area contributed by atoms with Crippen LogP contribution < -0.4 is 5.32 Å². The number of thiazole rings is 1. The SMILES string of the molecule is CCc1cnc(CNc2nccn2C)s1. The van der Waals surface area contributed by atoms with Gasteiger partial charge in [-0.05, 0) is 6.42 Å². The number of imidazole rings is 1. The third-order valence-electron chi connectivity index (χ3n) is 2.17. The van der Waals surface area contributed by atoms with Gasteiger partial charge in [-0.2, -0.15) is 0 Å². The average molecular weight is 222 g/mol. The van der Waals surface area contributed by atoms with Crippen LogP contribution in [0.1, 0.15) is 16.8 Å². The summed E-state index contributed by atoms with van der Waals surface area (Å²) in [5.41, 5.74) is 0. The Bertz CT molecular complexity index is 432.